The Balaban J connectivity index is 2.59. The van der Waals surface area contributed by atoms with Crippen LogP contribution in [0.4, 0.5) is 5.69 Å². The second-order valence-corrected chi connectivity index (χ2v) is 3.43. The lowest BCUT2D eigenvalue weighted by atomic mass is 10.1. The third kappa shape index (κ3) is 1.24. The number of nitrogens with one attached hydrogen (secondary N) is 1. The standard InChI is InChI=1S/C9H11ClN2O/c1-13-7-3-2-5(10)8-6(11)4-12-9(7)8/h2-3,6,12H,4,11H2,1H3. The van der Waals surface area contributed by atoms with Gasteiger partial charge in [-0.2, -0.15) is 0 Å². The monoisotopic (exact) mass is 198 g/mol. The number of hydrogen-bond acceptors (Lipinski definition) is 3. The van der Waals surface area contributed by atoms with Crippen molar-refractivity contribution in [3.63, 3.8) is 0 Å². The molecule has 3 nitrogen and oxygen atoms in total. The summed E-state index contributed by atoms with van der Waals surface area (Å²) in [5, 5.41) is 3.88. The van der Waals surface area contributed by atoms with Gasteiger partial charge < -0.3 is 15.8 Å². The van der Waals surface area contributed by atoms with Gasteiger partial charge in [-0.1, -0.05) is 11.6 Å². The fourth-order valence-electron chi connectivity index (χ4n) is 1.60. The highest BCUT2D eigenvalue weighted by Crippen LogP contribution is 2.40. The molecule has 1 aromatic carbocycles. The van der Waals surface area contributed by atoms with Crippen LogP contribution in [0, 0.1) is 0 Å². The lowest BCUT2D eigenvalue weighted by molar-refractivity contribution is 0.416. The lowest BCUT2D eigenvalue weighted by Crippen LogP contribution is -2.11. The largest absolute Gasteiger partial charge is 0.495 e. The molecule has 0 bridgehead atoms. The number of hydrogen-bond donors (Lipinski definition) is 2. The van der Waals surface area contributed by atoms with Crippen molar-refractivity contribution in [2.24, 2.45) is 5.73 Å². The average Bonchev–Trinajstić information content (AvgIpc) is 2.50. The molecular weight excluding hydrogens is 188 g/mol. The van der Waals surface area contributed by atoms with Gasteiger partial charge in [0.05, 0.1) is 18.8 Å². The van der Waals surface area contributed by atoms with E-state index in [0.29, 0.717) is 5.02 Å². The first kappa shape index (κ1) is 8.66. The maximum atomic E-state index is 6.02. The Morgan fingerprint density at radius 1 is 1.62 bits per heavy atom. The summed E-state index contributed by atoms with van der Waals surface area (Å²) in [4.78, 5) is 0. The van der Waals surface area contributed by atoms with E-state index in [9.17, 15) is 0 Å². The maximum absolute atomic E-state index is 6.02. The molecule has 2 rings (SSSR count). The average molecular weight is 199 g/mol. The second-order valence-electron chi connectivity index (χ2n) is 3.03. The summed E-state index contributed by atoms with van der Waals surface area (Å²) in [5.41, 5.74) is 7.76. The Morgan fingerprint density at radius 3 is 3.08 bits per heavy atom. The van der Waals surface area contributed by atoms with Gasteiger partial charge >= 0.3 is 0 Å². The molecule has 13 heavy (non-hydrogen) atoms. The van der Waals surface area contributed by atoms with Crippen molar-refractivity contribution in [3.8, 4) is 5.75 Å². The third-order valence-electron chi connectivity index (χ3n) is 2.24. The molecular formula is C9H11ClN2O. The molecule has 1 heterocycles. The minimum absolute atomic E-state index is 0.0300. The van der Waals surface area contributed by atoms with Gasteiger partial charge in [-0.3, -0.25) is 0 Å². The van der Waals surface area contributed by atoms with Crippen LogP contribution < -0.4 is 15.8 Å². The molecule has 0 spiro atoms. The van der Waals surface area contributed by atoms with Crippen LogP contribution >= 0.6 is 11.6 Å². The molecule has 1 aromatic rings. The van der Waals surface area contributed by atoms with E-state index in [4.69, 9.17) is 22.1 Å². The van der Waals surface area contributed by atoms with E-state index in [2.05, 4.69) is 5.32 Å². The molecule has 0 saturated heterocycles. The van der Waals surface area contributed by atoms with Gasteiger partial charge in [-0.15, -0.1) is 0 Å². The first-order valence-electron chi connectivity index (χ1n) is 4.10. The third-order valence-corrected chi connectivity index (χ3v) is 2.57. The van der Waals surface area contributed by atoms with E-state index in [1.54, 1.807) is 7.11 Å². The van der Waals surface area contributed by atoms with Gasteiger partial charge in [0.1, 0.15) is 5.75 Å². The summed E-state index contributed by atoms with van der Waals surface area (Å²) in [6.07, 6.45) is 0. The summed E-state index contributed by atoms with van der Waals surface area (Å²) in [6.45, 7) is 0.718. The molecule has 0 radical (unpaired) electrons. The van der Waals surface area contributed by atoms with Gasteiger partial charge in [0.15, 0.2) is 0 Å². The molecule has 70 valence electrons. The Kier molecular flexibility index (Phi) is 2.06. The second kappa shape index (κ2) is 3.09. The lowest BCUT2D eigenvalue weighted by Gasteiger charge is -2.09. The minimum Gasteiger partial charge on any atom is -0.495 e. The van der Waals surface area contributed by atoms with Gasteiger partial charge in [0, 0.05) is 17.1 Å². The van der Waals surface area contributed by atoms with Crippen LogP contribution in [0.15, 0.2) is 12.1 Å². The number of methoxy groups -OCH3 is 1. The maximum Gasteiger partial charge on any atom is 0.142 e. The van der Waals surface area contributed by atoms with Crippen LogP contribution in [-0.4, -0.2) is 13.7 Å². The Bertz CT molecular complexity index is 341. The summed E-state index contributed by atoms with van der Waals surface area (Å²) >= 11 is 6.02. The number of halogens is 1. The summed E-state index contributed by atoms with van der Waals surface area (Å²) < 4.78 is 5.18. The van der Waals surface area contributed by atoms with Crippen molar-refractivity contribution in [3.05, 3.63) is 22.7 Å². The molecule has 0 aliphatic carbocycles. The summed E-state index contributed by atoms with van der Waals surface area (Å²) in [5.74, 6) is 0.798. The van der Waals surface area contributed by atoms with E-state index >= 15 is 0 Å². The van der Waals surface area contributed by atoms with E-state index in [1.807, 2.05) is 12.1 Å². The molecule has 0 amide bonds. The Morgan fingerprint density at radius 2 is 2.38 bits per heavy atom. The molecule has 1 unspecified atom stereocenters. The first-order chi connectivity index (χ1) is 6.24. The number of anilines is 1. The van der Waals surface area contributed by atoms with Gasteiger partial charge in [-0.05, 0) is 12.1 Å². The molecule has 4 heteroatoms. The zero-order chi connectivity index (χ0) is 9.42. The predicted molar refractivity (Wildman–Crippen MR) is 53.4 cm³/mol. The number of rotatable bonds is 1. The van der Waals surface area contributed by atoms with E-state index in [1.165, 1.54) is 0 Å². The van der Waals surface area contributed by atoms with Crippen LogP contribution in [0.2, 0.25) is 5.02 Å². The van der Waals surface area contributed by atoms with Gasteiger partial charge in [-0.25, -0.2) is 0 Å². The quantitative estimate of drug-likeness (QED) is 0.723. The minimum atomic E-state index is -0.0300. The van der Waals surface area contributed by atoms with Crippen molar-refractivity contribution in [1.29, 1.82) is 0 Å². The highest BCUT2D eigenvalue weighted by molar-refractivity contribution is 6.32. The predicted octanol–water partition coefficient (Wildman–Crippen LogP) is 1.77. The van der Waals surface area contributed by atoms with Gasteiger partial charge in [0.2, 0.25) is 0 Å². The Labute approximate surface area is 81.8 Å². The first-order valence-corrected chi connectivity index (χ1v) is 4.47. The Hall–Kier alpha value is -0.930. The van der Waals surface area contributed by atoms with Crippen LogP contribution in [0.1, 0.15) is 11.6 Å². The summed E-state index contributed by atoms with van der Waals surface area (Å²) in [6, 6.07) is 3.62. The number of ether oxygens (including phenoxy) is 1. The zero-order valence-electron chi connectivity index (χ0n) is 7.30. The van der Waals surface area contributed by atoms with Crippen LogP contribution in [-0.2, 0) is 0 Å². The molecule has 1 atom stereocenters. The van der Waals surface area contributed by atoms with Crippen LogP contribution in [0.5, 0.6) is 5.75 Å². The molecule has 1 aliphatic heterocycles. The van der Waals surface area contributed by atoms with Crippen molar-refractivity contribution >= 4 is 17.3 Å². The summed E-state index contributed by atoms with van der Waals surface area (Å²) in [7, 11) is 1.63. The highest BCUT2D eigenvalue weighted by atomic mass is 35.5. The molecule has 3 N–H and O–H groups in total. The fraction of sp³-hybridized carbons (Fsp3) is 0.333. The van der Waals surface area contributed by atoms with E-state index in [0.717, 1.165) is 23.5 Å². The van der Waals surface area contributed by atoms with Gasteiger partial charge in [0.25, 0.3) is 0 Å². The topological polar surface area (TPSA) is 47.3 Å². The van der Waals surface area contributed by atoms with Crippen molar-refractivity contribution in [2.75, 3.05) is 19.0 Å². The van der Waals surface area contributed by atoms with Crippen LogP contribution in [0.25, 0.3) is 0 Å². The molecule has 0 aromatic heterocycles. The molecule has 0 saturated carbocycles. The molecule has 1 aliphatic rings. The van der Waals surface area contributed by atoms with Crippen molar-refractivity contribution in [1.82, 2.24) is 0 Å². The van der Waals surface area contributed by atoms with Crippen molar-refractivity contribution < 1.29 is 4.74 Å². The van der Waals surface area contributed by atoms with Crippen molar-refractivity contribution in [2.45, 2.75) is 6.04 Å². The normalized spacial score (nSPS) is 19.5. The van der Waals surface area contributed by atoms with Crippen LogP contribution in [0.3, 0.4) is 0 Å². The SMILES string of the molecule is COc1ccc(Cl)c2c1NCC2N. The fourth-order valence-corrected chi connectivity index (χ4v) is 1.90. The number of benzene rings is 1. The smallest absolute Gasteiger partial charge is 0.142 e. The highest BCUT2D eigenvalue weighted by Gasteiger charge is 2.24. The number of nitrogens with two attached hydrogens (primary N) is 1. The molecule has 0 fully saturated rings. The zero-order valence-corrected chi connectivity index (χ0v) is 8.06. The number of fused-ring (bicyclic) bond motifs is 1. The van der Waals surface area contributed by atoms with E-state index in [-0.39, 0.29) is 6.04 Å². The van der Waals surface area contributed by atoms with E-state index < -0.39 is 0 Å².